The highest BCUT2D eigenvalue weighted by molar-refractivity contribution is 8.77. The first kappa shape index (κ1) is 14.4. The van der Waals surface area contributed by atoms with Gasteiger partial charge in [-0.3, -0.25) is 0 Å². The van der Waals surface area contributed by atoms with Crippen LogP contribution in [0.4, 0.5) is 30.7 Å². The van der Waals surface area contributed by atoms with Crippen LogP contribution in [0.25, 0.3) is 0 Å². The van der Waals surface area contributed by atoms with Crippen molar-refractivity contribution in [1.82, 2.24) is 0 Å². The maximum Gasteiger partial charge on any atom is 0.382 e. The Morgan fingerprint density at radius 2 is 1.61 bits per heavy atom. The van der Waals surface area contributed by atoms with Crippen LogP contribution in [0.3, 0.4) is 0 Å². The molecule has 18 heavy (non-hydrogen) atoms. The SMILES string of the molecule is FC1=C(C2CCCSS2)C(F)(F)C(F)(F)C1(F)F. The van der Waals surface area contributed by atoms with Crippen LogP contribution in [0.5, 0.6) is 0 Å². The second kappa shape index (κ2) is 4.22. The third-order valence-corrected chi connectivity index (χ3v) is 5.74. The van der Waals surface area contributed by atoms with Gasteiger partial charge in [0, 0.05) is 11.0 Å². The zero-order valence-corrected chi connectivity index (χ0v) is 10.3. The summed E-state index contributed by atoms with van der Waals surface area (Å²) >= 11 is 0. The molecule has 1 heterocycles. The van der Waals surface area contributed by atoms with Crippen molar-refractivity contribution < 1.29 is 30.7 Å². The first-order chi connectivity index (χ1) is 8.14. The summed E-state index contributed by atoms with van der Waals surface area (Å²) in [5.74, 6) is -18.4. The number of hydrogen-bond donors (Lipinski definition) is 0. The average molecular weight is 312 g/mol. The molecule has 1 atom stereocenters. The summed E-state index contributed by atoms with van der Waals surface area (Å²) in [6.07, 6.45) is 0.383. The van der Waals surface area contributed by atoms with Gasteiger partial charge in [0.2, 0.25) is 0 Å². The van der Waals surface area contributed by atoms with E-state index in [-0.39, 0.29) is 6.42 Å². The van der Waals surface area contributed by atoms with Crippen molar-refractivity contribution in [1.29, 1.82) is 0 Å². The first-order valence-corrected chi connectivity index (χ1v) is 7.34. The Labute approximate surface area is 106 Å². The molecule has 1 aliphatic heterocycles. The van der Waals surface area contributed by atoms with E-state index in [1.807, 2.05) is 0 Å². The summed E-state index contributed by atoms with van der Waals surface area (Å²) < 4.78 is 91.8. The molecular weight excluding hydrogens is 305 g/mol. The Morgan fingerprint density at radius 1 is 1.00 bits per heavy atom. The molecule has 9 heteroatoms. The summed E-state index contributed by atoms with van der Waals surface area (Å²) in [6.45, 7) is 0. The smallest absolute Gasteiger partial charge is 0.205 e. The van der Waals surface area contributed by atoms with Crippen LogP contribution in [0, 0.1) is 0 Å². The number of allylic oxidation sites excluding steroid dienone is 1. The van der Waals surface area contributed by atoms with E-state index in [0.29, 0.717) is 12.2 Å². The molecule has 0 bridgehead atoms. The van der Waals surface area contributed by atoms with Crippen molar-refractivity contribution in [2.75, 3.05) is 5.75 Å². The van der Waals surface area contributed by atoms with E-state index >= 15 is 0 Å². The van der Waals surface area contributed by atoms with E-state index in [9.17, 15) is 30.7 Å². The van der Waals surface area contributed by atoms with Gasteiger partial charge >= 0.3 is 17.8 Å². The molecule has 1 unspecified atom stereocenters. The minimum atomic E-state index is -5.71. The van der Waals surface area contributed by atoms with Crippen LogP contribution in [0.1, 0.15) is 12.8 Å². The zero-order valence-electron chi connectivity index (χ0n) is 8.66. The number of rotatable bonds is 1. The molecule has 0 amide bonds. The third kappa shape index (κ3) is 1.69. The fraction of sp³-hybridized carbons (Fsp3) is 0.778. The predicted molar refractivity (Wildman–Crippen MR) is 56.0 cm³/mol. The van der Waals surface area contributed by atoms with Gasteiger partial charge in [-0.2, -0.15) is 26.3 Å². The van der Waals surface area contributed by atoms with Crippen LogP contribution in [-0.4, -0.2) is 28.8 Å². The van der Waals surface area contributed by atoms with Crippen molar-refractivity contribution in [3.05, 3.63) is 11.4 Å². The van der Waals surface area contributed by atoms with Gasteiger partial charge in [-0.05, 0) is 12.8 Å². The highest BCUT2D eigenvalue weighted by atomic mass is 33.1. The Kier molecular flexibility index (Phi) is 3.37. The fourth-order valence-electron chi connectivity index (χ4n) is 1.85. The van der Waals surface area contributed by atoms with Crippen LogP contribution in [0.2, 0.25) is 0 Å². The van der Waals surface area contributed by atoms with E-state index in [4.69, 9.17) is 0 Å². The quantitative estimate of drug-likeness (QED) is 0.509. The summed E-state index contributed by atoms with van der Waals surface area (Å²) in [6, 6.07) is 0. The normalized spacial score (nSPS) is 33.8. The van der Waals surface area contributed by atoms with Crippen LogP contribution < -0.4 is 0 Å². The lowest BCUT2D eigenvalue weighted by molar-refractivity contribution is -0.268. The minimum Gasteiger partial charge on any atom is -0.205 e. The van der Waals surface area contributed by atoms with E-state index in [1.54, 1.807) is 0 Å². The lowest BCUT2D eigenvalue weighted by atomic mass is 10.0. The highest BCUT2D eigenvalue weighted by Crippen LogP contribution is 2.62. The molecule has 1 aliphatic carbocycles. The van der Waals surface area contributed by atoms with Crippen molar-refractivity contribution in [2.24, 2.45) is 0 Å². The van der Waals surface area contributed by atoms with Gasteiger partial charge in [-0.1, -0.05) is 21.6 Å². The Hall–Kier alpha value is -0.0500. The number of alkyl halides is 6. The molecule has 2 aliphatic rings. The van der Waals surface area contributed by atoms with Gasteiger partial charge in [0.15, 0.2) is 5.83 Å². The molecule has 0 nitrogen and oxygen atoms in total. The first-order valence-electron chi connectivity index (χ1n) is 4.96. The molecule has 0 spiro atoms. The van der Waals surface area contributed by atoms with Crippen LogP contribution >= 0.6 is 21.6 Å². The van der Waals surface area contributed by atoms with E-state index < -0.39 is 34.4 Å². The molecule has 104 valence electrons. The van der Waals surface area contributed by atoms with Gasteiger partial charge in [-0.25, -0.2) is 4.39 Å². The van der Waals surface area contributed by atoms with E-state index in [1.165, 1.54) is 0 Å². The van der Waals surface area contributed by atoms with Crippen LogP contribution in [-0.2, 0) is 0 Å². The summed E-state index contributed by atoms with van der Waals surface area (Å²) in [5, 5.41) is -1.34. The highest BCUT2D eigenvalue weighted by Gasteiger charge is 2.81. The van der Waals surface area contributed by atoms with Gasteiger partial charge in [-0.15, -0.1) is 0 Å². The molecule has 0 aromatic rings. The van der Waals surface area contributed by atoms with Gasteiger partial charge in [0.1, 0.15) is 0 Å². The molecule has 0 saturated carbocycles. The standard InChI is InChI=1S/C9H7F7S2/c10-6-5(4-2-1-3-17-18-4)7(11,12)9(15,16)8(6,13)14/h4H,1-3H2. The topological polar surface area (TPSA) is 0 Å². The van der Waals surface area contributed by atoms with Crippen molar-refractivity contribution in [3.63, 3.8) is 0 Å². The molecule has 0 N–H and O–H groups in total. The van der Waals surface area contributed by atoms with Crippen LogP contribution in [0.15, 0.2) is 11.4 Å². The maximum atomic E-state index is 13.4. The lowest BCUT2D eigenvalue weighted by Gasteiger charge is -2.28. The van der Waals surface area contributed by atoms with Crippen molar-refractivity contribution in [2.45, 2.75) is 35.9 Å². The number of halogens is 7. The van der Waals surface area contributed by atoms with Crippen molar-refractivity contribution in [3.8, 4) is 0 Å². The molecule has 0 aromatic heterocycles. The fourth-order valence-corrected chi connectivity index (χ4v) is 4.72. The summed E-state index contributed by atoms with van der Waals surface area (Å²) in [4.78, 5) is 0. The maximum absolute atomic E-state index is 13.4. The molecule has 2 rings (SSSR count). The minimum absolute atomic E-state index is 0.0117. The second-order valence-corrected chi connectivity index (χ2v) is 6.69. The van der Waals surface area contributed by atoms with E-state index in [2.05, 4.69) is 0 Å². The van der Waals surface area contributed by atoms with Gasteiger partial charge in [0.25, 0.3) is 0 Å². The molecule has 1 fully saturated rings. The zero-order chi connectivity index (χ0) is 13.8. The summed E-state index contributed by atoms with van der Waals surface area (Å²) in [5.41, 5.74) is -1.74. The second-order valence-electron chi connectivity index (χ2n) is 4.00. The molecule has 1 saturated heterocycles. The predicted octanol–water partition coefficient (Wildman–Crippen LogP) is 4.67. The van der Waals surface area contributed by atoms with E-state index in [0.717, 1.165) is 21.6 Å². The average Bonchev–Trinajstić information content (AvgIpc) is 2.37. The Morgan fingerprint density at radius 3 is 2.00 bits per heavy atom. The molecule has 0 radical (unpaired) electrons. The third-order valence-electron chi connectivity index (χ3n) is 2.84. The largest absolute Gasteiger partial charge is 0.382 e. The Bertz CT molecular complexity index is 384. The van der Waals surface area contributed by atoms with Crippen molar-refractivity contribution >= 4 is 21.6 Å². The Balaban J connectivity index is 2.47. The summed E-state index contributed by atoms with van der Waals surface area (Å²) in [7, 11) is 1.83. The monoisotopic (exact) mass is 312 g/mol. The molecule has 0 aromatic carbocycles. The lowest BCUT2D eigenvalue weighted by Crippen LogP contribution is -2.49. The van der Waals surface area contributed by atoms with Gasteiger partial charge < -0.3 is 0 Å². The van der Waals surface area contributed by atoms with Gasteiger partial charge in [0.05, 0.1) is 5.57 Å². The molecular formula is C9H7F7S2. The number of hydrogen-bond acceptors (Lipinski definition) is 2.